The summed E-state index contributed by atoms with van der Waals surface area (Å²) < 4.78 is 27.4. The zero-order valence-electron chi connectivity index (χ0n) is 8.96. The minimum atomic E-state index is -3.39. The van der Waals surface area contributed by atoms with Gasteiger partial charge in [-0.3, -0.25) is 0 Å². The van der Waals surface area contributed by atoms with Gasteiger partial charge >= 0.3 is 0 Å². The lowest BCUT2D eigenvalue weighted by Crippen LogP contribution is -2.28. The largest absolute Gasteiger partial charge is 0.250 e. The third kappa shape index (κ3) is 3.70. The van der Waals surface area contributed by atoms with E-state index in [2.05, 4.69) is 20.7 Å². The van der Waals surface area contributed by atoms with Crippen molar-refractivity contribution >= 4 is 48.9 Å². The average molecular weight is 347 g/mol. The van der Waals surface area contributed by atoms with Crippen molar-refractivity contribution in [3.05, 3.63) is 15.4 Å². The van der Waals surface area contributed by atoms with E-state index in [1.165, 1.54) is 11.3 Å². The summed E-state index contributed by atoms with van der Waals surface area (Å²) in [6, 6.07) is 1.66. The van der Waals surface area contributed by atoms with E-state index in [0.29, 0.717) is 16.6 Å². The summed E-state index contributed by atoms with van der Waals surface area (Å²) in [5, 5.41) is 0. The summed E-state index contributed by atoms with van der Waals surface area (Å²) in [7, 11) is -3.39. The van der Waals surface area contributed by atoms with Crippen molar-refractivity contribution in [2.24, 2.45) is 5.92 Å². The molecule has 0 radical (unpaired) electrons. The predicted octanol–water partition coefficient (Wildman–Crippen LogP) is 2.97. The normalized spacial score (nSPS) is 14.0. The SMILES string of the molecule is Cc1cc(S(=O)(=O)NCC(C)CCl)sc1Br. The van der Waals surface area contributed by atoms with Gasteiger partial charge in [-0.05, 0) is 40.4 Å². The van der Waals surface area contributed by atoms with Gasteiger partial charge in [0.15, 0.2) is 0 Å². The van der Waals surface area contributed by atoms with E-state index >= 15 is 0 Å². The second-order valence-corrected chi connectivity index (χ2v) is 8.31. The zero-order chi connectivity index (χ0) is 12.3. The minimum absolute atomic E-state index is 0.126. The highest BCUT2D eigenvalue weighted by Crippen LogP contribution is 2.30. The lowest BCUT2D eigenvalue weighted by atomic mass is 10.2. The van der Waals surface area contributed by atoms with Crippen molar-refractivity contribution in [1.82, 2.24) is 4.72 Å². The molecule has 1 N–H and O–H groups in total. The molecule has 92 valence electrons. The molecular formula is C9H13BrClNO2S2. The van der Waals surface area contributed by atoms with Gasteiger partial charge in [0, 0.05) is 12.4 Å². The van der Waals surface area contributed by atoms with Gasteiger partial charge in [-0.15, -0.1) is 22.9 Å². The standard InChI is InChI=1S/C9H13BrClNO2S2/c1-6(4-11)5-12-16(13,14)8-3-7(2)9(10)15-8/h3,6,12H,4-5H2,1-2H3. The van der Waals surface area contributed by atoms with Crippen molar-refractivity contribution in [3.63, 3.8) is 0 Å². The molecule has 0 aromatic carbocycles. The molecule has 7 heteroatoms. The fraction of sp³-hybridized carbons (Fsp3) is 0.556. The summed E-state index contributed by atoms with van der Waals surface area (Å²) in [5.74, 6) is 0.566. The van der Waals surface area contributed by atoms with Crippen LogP contribution in [-0.4, -0.2) is 20.8 Å². The lowest BCUT2D eigenvalue weighted by Gasteiger charge is -2.08. The Morgan fingerprint density at radius 2 is 2.25 bits per heavy atom. The molecule has 0 aliphatic carbocycles. The van der Waals surface area contributed by atoms with Gasteiger partial charge in [0.05, 0.1) is 3.79 Å². The first kappa shape index (κ1) is 14.4. The van der Waals surface area contributed by atoms with E-state index in [1.54, 1.807) is 6.07 Å². The summed E-state index contributed by atoms with van der Waals surface area (Å²) in [4.78, 5) is 0. The lowest BCUT2D eigenvalue weighted by molar-refractivity contribution is 0.563. The maximum atomic E-state index is 11.9. The first-order chi connectivity index (χ1) is 7.36. The van der Waals surface area contributed by atoms with Crippen LogP contribution in [0.1, 0.15) is 12.5 Å². The van der Waals surface area contributed by atoms with Gasteiger partial charge in [0.2, 0.25) is 10.0 Å². The van der Waals surface area contributed by atoms with Gasteiger partial charge in [-0.25, -0.2) is 13.1 Å². The molecule has 1 atom stereocenters. The summed E-state index contributed by atoms with van der Waals surface area (Å²) in [5.41, 5.74) is 0.927. The molecule has 0 fully saturated rings. The maximum Gasteiger partial charge on any atom is 0.250 e. The Hall–Kier alpha value is 0.380. The van der Waals surface area contributed by atoms with Gasteiger partial charge in [0.25, 0.3) is 0 Å². The Bertz CT molecular complexity index is 439. The highest BCUT2D eigenvalue weighted by Gasteiger charge is 2.18. The molecule has 16 heavy (non-hydrogen) atoms. The fourth-order valence-corrected chi connectivity index (χ4v) is 4.49. The molecule has 1 heterocycles. The van der Waals surface area contributed by atoms with E-state index in [0.717, 1.165) is 9.35 Å². The first-order valence-electron chi connectivity index (χ1n) is 4.68. The van der Waals surface area contributed by atoms with Crippen LogP contribution >= 0.6 is 38.9 Å². The van der Waals surface area contributed by atoms with Crippen LogP contribution in [0.4, 0.5) is 0 Å². The molecule has 1 aromatic heterocycles. The molecule has 0 saturated heterocycles. The van der Waals surface area contributed by atoms with Crippen molar-refractivity contribution in [3.8, 4) is 0 Å². The van der Waals surface area contributed by atoms with Crippen LogP contribution in [0, 0.1) is 12.8 Å². The Kier molecular flexibility index (Phi) is 5.25. The average Bonchev–Trinajstić information content (AvgIpc) is 2.56. The Morgan fingerprint density at radius 3 is 2.69 bits per heavy atom. The van der Waals surface area contributed by atoms with Crippen LogP contribution in [0.3, 0.4) is 0 Å². The van der Waals surface area contributed by atoms with Crippen LogP contribution in [0.2, 0.25) is 0 Å². The molecule has 0 aliphatic heterocycles. The number of rotatable bonds is 5. The molecule has 0 aliphatic rings. The monoisotopic (exact) mass is 345 g/mol. The maximum absolute atomic E-state index is 11.9. The number of aryl methyl sites for hydroxylation is 1. The predicted molar refractivity (Wildman–Crippen MR) is 71.8 cm³/mol. The molecule has 0 amide bonds. The van der Waals surface area contributed by atoms with Gasteiger partial charge in [-0.1, -0.05) is 6.92 Å². The molecule has 1 rings (SSSR count). The minimum Gasteiger partial charge on any atom is -0.210 e. The molecule has 3 nitrogen and oxygen atoms in total. The van der Waals surface area contributed by atoms with Crippen LogP contribution < -0.4 is 4.72 Å². The second kappa shape index (κ2) is 5.82. The van der Waals surface area contributed by atoms with Gasteiger partial charge < -0.3 is 0 Å². The van der Waals surface area contributed by atoms with E-state index in [-0.39, 0.29) is 5.92 Å². The van der Waals surface area contributed by atoms with Crippen molar-refractivity contribution in [1.29, 1.82) is 0 Å². The summed E-state index contributed by atoms with van der Waals surface area (Å²) in [6.45, 7) is 4.12. The van der Waals surface area contributed by atoms with Crippen LogP contribution in [0.25, 0.3) is 0 Å². The van der Waals surface area contributed by atoms with E-state index in [4.69, 9.17) is 11.6 Å². The van der Waals surface area contributed by atoms with Crippen molar-refractivity contribution in [2.75, 3.05) is 12.4 Å². The zero-order valence-corrected chi connectivity index (χ0v) is 12.9. The Balaban J connectivity index is 2.78. The Labute approximate surface area is 113 Å². The van der Waals surface area contributed by atoms with Crippen LogP contribution in [0.15, 0.2) is 14.1 Å². The highest BCUT2D eigenvalue weighted by atomic mass is 79.9. The third-order valence-corrected chi connectivity index (χ3v) is 6.55. The number of hydrogen-bond acceptors (Lipinski definition) is 3. The Morgan fingerprint density at radius 1 is 1.62 bits per heavy atom. The summed E-state index contributed by atoms with van der Waals surface area (Å²) >= 11 is 10.1. The van der Waals surface area contributed by atoms with E-state index in [1.807, 2.05) is 13.8 Å². The molecule has 0 spiro atoms. The topological polar surface area (TPSA) is 46.2 Å². The number of sulfonamides is 1. The van der Waals surface area contributed by atoms with Crippen molar-refractivity contribution in [2.45, 2.75) is 18.1 Å². The van der Waals surface area contributed by atoms with E-state index < -0.39 is 10.0 Å². The fourth-order valence-electron chi connectivity index (χ4n) is 0.942. The number of hydrogen-bond donors (Lipinski definition) is 1. The smallest absolute Gasteiger partial charge is 0.210 e. The van der Waals surface area contributed by atoms with E-state index in [9.17, 15) is 8.42 Å². The first-order valence-corrected chi connectivity index (χ1v) is 8.31. The molecule has 1 aromatic rings. The van der Waals surface area contributed by atoms with Crippen molar-refractivity contribution < 1.29 is 8.42 Å². The molecule has 0 saturated carbocycles. The molecule has 1 unspecified atom stereocenters. The van der Waals surface area contributed by atoms with Crippen LogP contribution in [-0.2, 0) is 10.0 Å². The summed E-state index contributed by atoms with van der Waals surface area (Å²) in [6.07, 6.45) is 0. The molecular weight excluding hydrogens is 334 g/mol. The third-order valence-electron chi connectivity index (χ3n) is 1.98. The van der Waals surface area contributed by atoms with Gasteiger partial charge in [0.1, 0.15) is 4.21 Å². The highest BCUT2D eigenvalue weighted by molar-refractivity contribution is 9.11. The second-order valence-electron chi connectivity index (χ2n) is 3.63. The quantitative estimate of drug-likeness (QED) is 0.833. The number of thiophene rings is 1. The molecule has 0 bridgehead atoms. The number of alkyl halides is 1. The van der Waals surface area contributed by atoms with Crippen LogP contribution in [0.5, 0.6) is 0 Å². The number of halogens is 2. The van der Waals surface area contributed by atoms with Gasteiger partial charge in [-0.2, -0.15) is 0 Å². The number of nitrogens with one attached hydrogen (secondary N) is 1.